The molecule has 0 amide bonds. The molecule has 0 saturated carbocycles. The minimum Gasteiger partial charge on any atom is -0.488 e. The number of aromatic nitrogens is 1. The molecular weight excluding hydrogens is 544 g/mol. The SMILES string of the molecule is C=C/C(=C(/OCc1ccc2c(c1)CCN(CC1CCOCC1)C2)C(=C)C)c1cccc(N/C(OCC)=C(\C=N)C(=O)O)n1. The van der Waals surface area contributed by atoms with Crippen LogP contribution >= 0.6 is 0 Å². The van der Waals surface area contributed by atoms with Crippen LogP contribution < -0.4 is 5.32 Å². The number of fused-ring (bicyclic) bond motifs is 1. The Bertz CT molecular complexity index is 1410. The number of rotatable bonds is 14. The molecule has 1 aromatic heterocycles. The summed E-state index contributed by atoms with van der Waals surface area (Å²) in [6, 6.07) is 11.9. The number of hydrogen-bond donors (Lipinski definition) is 3. The van der Waals surface area contributed by atoms with Crippen molar-refractivity contribution in [2.45, 2.75) is 46.3 Å². The van der Waals surface area contributed by atoms with Gasteiger partial charge in [0.2, 0.25) is 5.88 Å². The fourth-order valence-electron chi connectivity index (χ4n) is 5.43. The molecule has 0 bridgehead atoms. The normalized spacial score (nSPS) is 16.7. The maximum atomic E-state index is 11.6. The summed E-state index contributed by atoms with van der Waals surface area (Å²) in [4.78, 5) is 18.8. The second-order valence-electron chi connectivity index (χ2n) is 10.8. The standard InChI is InChI=1S/C34H42N4O5/c1-5-28(30-8-7-9-31(36-30)37-33(42-6-2)29(19-35)34(39)40)32(23(3)4)43-22-25-10-11-27-21-38(15-12-26(27)18-25)20-24-13-16-41-17-14-24/h5,7-11,18-19,24,35H,1,3,6,12-17,20-22H2,2,4H3,(H,36,37)(H,39,40)/b32-28-,33-29-,35-19?. The number of benzene rings is 1. The fraction of sp³-hybridized carbons (Fsp3) is 0.382. The third-order valence-corrected chi connectivity index (χ3v) is 7.61. The molecule has 3 heterocycles. The maximum absolute atomic E-state index is 11.6. The molecule has 0 spiro atoms. The third kappa shape index (κ3) is 8.43. The number of aliphatic carboxylic acids is 1. The van der Waals surface area contributed by atoms with Crippen LogP contribution in [0.15, 0.2) is 78.4 Å². The fourth-order valence-corrected chi connectivity index (χ4v) is 5.43. The Morgan fingerprint density at radius 1 is 1.23 bits per heavy atom. The van der Waals surface area contributed by atoms with Crippen LogP contribution in [0.2, 0.25) is 0 Å². The first-order valence-corrected chi connectivity index (χ1v) is 14.7. The van der Waals surface area contributed by atoms with Gasteiger partial charge in [-0.2, -0.15) is 0 Å². The van der Waals surface area contributed by atoms with E-state index in [0.717, 1.165) is 75.4 Å². The van der Waals surface area contributed by atoms with E-state index >= 15 is 0 Å². The van der Waals surface area contributed by atoms with Crippen LogP contribution in [-0.2, 0) is 38.6 Å². The van der Waals surface area contributed by atoms with E-state index in [9.17, 15) is 9.90 Å². The lowest BCUT2D eigenvalue weighted by Crippen LogP contribution is -2.36. The average Bonchev–Trinajstić information content (AvgIpc) is 3.00. The number of hydrogen-bond acceptors (Lipinski definition) is 8. The summed E-state index contributed by atoms with van der Waals surface area (Å²) in [6.45, 7) is 17.3. The van der Waals surface area contributed by atoms with Gasteiger partial charge in [0.15, 0.2) is 0 Å². The van der Waals surface area contributed by atoms with E-state index in [1.807, 2.05) is 13.0 Å². The number of nitrogens with one attached hydrogen (secondary N) is 2. The number of carboxylic acids is 1. The van der Waals surface area contributed by atoms with E-state index in [-0.39, 0.29) is 18.1 Å². The predicted octanol–water partition coefficient (Wildman–Crippen LogP) is 5.95. The Labute approximate surface area is 254 Å². The van der Waals surface area contributed by atoms with Crippen molar-refractivity contribution in [3.8, 4) is 0 Å². The van der Waals surface area contributed by atoms with Crippen LogP contribution in [0.3, 0.4) is 0 Å². The molecule has 4 rings (SSSR count). The van der Waals surface area contributed by atoms with E-state index in [1.54, 1.807) is 25.1 Å². The molecule has 228 valence electrons. The van der Waals surface area contributed by atoms with Gasteiger partial charge in [-0.05, 0) is 73.4 Å². The molecule has 2 aliphatic rings. The van der Waals surface area contributed by atoms with Gasteiger partial charge in [0.1, 0.15) is 23.8 Å². The minimum atomic E-state index is -1.28. The Morgan fingerprint density at radius 2 is 2.02 bits per heavy atom. The second kappa shape index (κ2) is 15.3. The van der Waals surface area contributed by atoms with Crippen LogP contribution in [-0.4, -0.2) is 60.1 Å². The third-order valence-electron chi connectivity index (χ3n) is 7.61. The number of allylic oxidation sites excluding steroid dienone is 3. The van der Waals surface area contributed by atoms with E-state index in [0.29, 0.717) is 29.5 Å². The lowest BCUT2D eigenvalue weighted by atomic mass is 9.94. The lowest BCUT2D eigenvalue weighted by Gasteiger charge is -2.33. The first-order valence-electron chi connectivity index (χ1n) is 14.7. The Hall–Kier alpha value is -4.21. The van der Waals surface area contributed by atoms with Gasteiger partial charge >= 0.3 is 5.97 Å². The van der Waals surface area contributed by atoms with Crippen molar-refractivity contribution < 1.29 is 24.1 Å². The van der Waals surface area contributed by atoms with E-state index in [2.05, 4.69) is 46.6 Å². The number of anilines is 1. The zero-order valence-corrected chi connectivity index (χ0v) is 25.2. The highest BCUT2D eigenvalue weighted by atomic mass is 16.5. The molecule has 1 saturated heterocycles. The van der Waals surface area contributed by atoms with Crippen molar-refractivity contribution in [2.24, 2.45) is 5.92 Å². The van der Waals surface area contributed by atoms with Crippen molar-refractivity contribution in [1.82, 2.24) is 9.88 Å². The van der Waals surface area contributed by atoms with Crippen molar-refractivity contribution in [2.75, 3.05) is 38.2 Å². The molecule has 0 radical (unpaired) electrons. The predicted molar refractivity (Wildman–Crippen MR) is 169 cm³/mol. The zero-order chi connectivity index (χ0) is 30.8. The van der Waals surface area contributed by atoms with Gasteiger partial charge in [0, 0.05) is 44.6 Å². The molecule has 0 atom stereocenters. The van der Waals surface area contributed by atoms with Gasteiger partial charge in [0.25, 0.3) is 0 Å². The number of pyridine rings is 1. The van der Waals surface area contributed by atoms with Gasteiger partial charge in [-0.1, -0.05) is 43.5 Å². The summed E-state index contributed by atoms with van der Waals surface area (Å²) < 4.78 is 17.3. The molecule has 1 fully saturated rings. The Kier molecular flexibility index (Phi) is 11.3. The molecule has 9 heteroatoms. The summed E-state index contributed by atoms with van der Waals surface area (Å²) >= 11 is 0. The van der Waals surface area contributed by atoms with Gasteiger partial charge < -0.3 is 30.0 Å². The molecular formula is C34H42N4O5. The monoisotopic (exact) mass is 586 g/mol. The van der Waals surface area contributed by atoms with Crippen LogP contribution in [0.5, 0.6) is 0 Å². The van der Waals surface area contributed by atoms with E-state index < -0.39 is 5.97 Å². The molecule has 9 nitrogen and oxygen atoms in total. The molecule has 2 aliphatic heterocycles. The highest BCUT2D eigenvalue weighted by molar-refractivity contribution is 6.08. The summed E-state index contributed by atoms with van der Waals surface area (Å²) in [5, 5.41) is 19.8. The maximum Gasteiger partial charge on any atom is 0.342 e. The molecule has 43 heavy (non-hydrogen) atoms. The quantitative estimate of drug-likeness (QED) is 0.108. The van der Waals surface area contributed by atoms with E-state index in [1.165, 1.54) is 11.1 Å². The lowest BCUT2D eigenvalue weighted by molar-refractivity contribution is -0.132. The van der Waals surface area contributed by atoms with Gasteiger partial charge in [-0.25, -0.2) is 9.78 Å². The zero-order valence-electron chi connectivity index (χ0n) is 25.2. The minimum absolute atomic E-state index is 0.0609. The van der Waals surface area contributed by atoms with Gasteiger partial charge in [-0.15, -0.1) is 0 Å². The largest absolute Gasteiger partial charge is 0.488 e. The smallest absolute Gasteiger partial charge is 0.342 e. The highest BCUT2D eigenvalue weighted by Gasteiger charge is 2.22. The summed E-state index contributed by atoms with van der Waals surface area (Å²) in [5.41, 5.74) is 5.48. The topological polar surface area (TPSA) is 117 Å². The van der Waals surface area contributed by atoms with Crippen molar-refractivity contribution in [3.05, 3.63) is 101 Å². The van der Waals surface area contributed by atoms with Crippen molar-refractivity contribution >= 4 is 23.6 Å². The van der Waals surface area contributed by atoms with Crippen LogP contribution in [0.25, 0.3) is 5.57 Å². The van der Waals surface area contributed by atoms with Crippen LogP contribution in [0.4, 0.5) is 5.82 Å². The number of nitrogens with zero attached hydrogens (tertiary/aromatic N) is 2. The van der Waals surface area contributed by atoms with Crippen LogP contribution in [0, 0.1) is 11.3 Å². The molecule has 2 aromatic rings. The van der Waals surface area contributed by atoms with Crippen LogP contribution in [0.1, 0.15) is 49.1 Å². The molecule has 3 N–H and O–H groups in total. The summed E-state index contributed by atoms with van der Waals surface area (Å²) in [5.74, 6) is 0.316. The van der Waals surface area contributed by atoms with Gasteiger partial charge in [0.05, 0.1) is 12.3 Å². The summed E-state index contributed by atoms with van der Waals surface area (Å²) in [7, 11) is 0. The highest BCUT2D eigenvalue weighted by Crippen LogP contribution is 2.28. The average molecular weight is 587 g/mol. The van der Waals surface area contributed by atoms with Crippen molar-refractivity contribution in [1.29, 1.82) is 5.41 Å². The number of carbonyl (C=O) groups is 1. The van der Waals surface area contributed by atoms with Gasteiger partial charge in [-0.3, -0.25) is 4.90 Å². The van der Waals surface area contributed by atoms with E-state index in [4.69, 9.17) is 19.6 Å². The first kappa shape index (κ1) is 31.7. The molecule has 1 aromatic carbocycles. The Balaban J connectivity index is 1.49. The summed E-state index contributed by atoms with van der Waals surface area (Å²) in [6.07, 6.45) is 5.74. The second-order valence-corrected chi connectivity index (χ2v) is 10.8. The first-order chi connectivity index (χ1) is 20.8. The molecule has 0 aliphatic carbocycles. The number of ether oxygens (including phenoxy) is 3. The Morgan fingerprint density at radius 3 is 2.70 bits per heavy atom. The van der Waals surface area contributed by atoms with Crippen molar-refractivity contribution in [3.63, 3.8) is 0 Å². The number of carboxylic acid groups (broad SMARTS) is 1. The molecule has 0 unspecified atom stereocenters.